The number of likely N-dealkylation sites (N-methyl/N-ethyl adjacent to an activating group) is 1. The first-order valence-electron chi connectivity index (χ1n) is 10.6. The van der Waals surface area contributed by atoms with Crippen molar-refractivity contribution in [2.75, 3.05) is 40.9 Å². The van der Waals surface area contributed by atoms with Gasteiger partial charge in [0.1, 0.15) is 5.75 Å². The summed E-state index contributed by atoms with van der Waals surface area (Å²) in [6, 6.07) is 13.6. The minimum absolute atomic E-state index is 0.0217. The molecule has 1 heterocycles. The Morgan fingerprint density at radius 3 is 2.41 bits per heavy atom. The molecule has 3 rings (SSSR count). The Morgan fingerprint density at radius 1 is 1.16 bits per heavy atom. The van der Waals surface area contributed by atoms with Crippen LogP contribution in [0.3, 0.4) is 0 Å². The fraction of sp³-hybridized carbons (Fsp3) is 0.435. The van der Waals surface area contributed by atoms with E-state index in [0.29, 0.717) is 18.7 Å². The van der Waals surface area contributed by atoms with Crippen LogP contribution >= 0.6 is 0 Å². The van der Waals surface area contributed by atoms with Gasteiger partial charge in [-0.3, -0.25) is 4.79 Å². The van der Waals surface area contributed by atoms with Gasteiger partial charge in [0.25, 0.3) is 5.91 Å². The number of carbonyl (C=O) groups excluding carboxylic acids is 1. The fourth-order valence-electron chi connectivity index (χ4n) is 3.59. The number of sulfonamides is 1. The first-order chi connectivity index (χ1) is 15.3. The van der Waals surface area contributed by atoms with Gasteiger partial charge in [-0.05, 0) is 68.9 Å². The van der Waals surface area contributed by atoms with Gasteiger partial charge >= 0.3 is 0 Å². The number of rotatable bonds is 10. The summed E-state index contributed by atoms with van der Waals surface area (Å²) in [5.74, 6) is 0.511. The Balaban J connectivity index is 1.59. The summed E-state index contributed by atoms with van der Waals surface area (Å²) in [6.45, 7) is 1.33. The van der Waals surface area contributed by atoms with Crippen LogP contribution in [0.2, 0.25) is 0 Å². The molecular weight excluding hydrogens is 430 g/mol. The van der Waals surface area contributed by atoms with Crippen LogP contribution in [0.15, 0.2) is 53.4 Å². The predicted molar refractivity (Wildman–Crippen MR) is 122 cm³/mol. The van der Waals surface area contributed by atoms with Crippen molar-refractivity contribution in [3.63, 3.8) is 0 Å². The van der Waals surface area contributed by atoms with Crippen molar-refractivity contribution in [1.82, 2.24) is 14.9 Å². The predicted octanol–water partition coefficient (Wildman–Crippen LogP) is 2.19. The molecule has 0 aromatic heterocycles. The van der Waals surface area contributed by atoms with Gasteiger partial charge in [-0.25, -0.2) is 13.1 Å². The third-order valence-corrected chi connectivity index (χ3v) is 6.97. The average molecular weight is 462 g/mol. The van der Waals surface area contributed by atoms with E-state index in [1.807, 2.05) is 43.3 Å². The van der Waals surface area contributed by atoms with Gasteiger partial charge in [-0.2, -0.15) is 0 Å². The molecule has 8 nitrogen and oxygen atoms in total. The van der Waals surface area contributed by atoms with Crippen molar-refractivity contribution in [2.45, 2.75) is 29.9 Å². The molecule has 0 saturated carbocycles. The molecule has 0 aliphatic carbocycles. The molecule has 1 amide bonds. The van der Waals surface area contributed by atoms with Crippen LogP contribution in [0.4, 0.5) is 0 Å². The maximum absolute atomic E-state index is 12.6. The molecular formula is C23H31N3O5S. The van der Waals surface area contributed by atoms with Crippen molar-refractivity contribution in [3.8, 4) is 5.75 Å². The highest BCUT2D eigenvalue weighted by Crippen LogP contribution is 2.21. The smallest absolute Gasteiger partial charge is 0.251 e. The normalized spacial score (nSPS) is 17.3. The first-order valence-corrected chi connectivity index (χ1v) is 12.1. The minimum atomic E-state index is -3.65. The number of nitrogens with one attached hydrogen (secondary N) is 2. The lowest BCUT2D eigenvalue weighted by molar-refractivity contribution is 0.0941. The molecule has 174 valence electrons. The highest BCUT2D eigenvalue weighted by Gasteiger charge is 2.21. The zero-order valence-corrected chi connectivity index (χ0v) is 19.5. The van der Waals surface area contributed by atoms with Gasteiger partial charge in [0.15, 0.2) is 0 Å². The SMILES string of the molecule is COc1ccc([C@H](CNC(=O)c2ccc(S(=O)(=O)NC[C@H]3CCCO3)cc2)N(C)C)cc1. The second-order valence-electron chi connectivity index (χ2n) is 7.97. The van der Waals surface area contributed by atoms with E-state index < -0.39 is 10.0 Å². The maximum atomic E-state index is 12.6. The van der Waals surface area contributed by atoms with Crippen molar-refractivity contribution in [3.05, 3.63) is 59.7 Å². The van der Waals surface area contributed by atoms with Gasteiger partial charge in [-0.15, -0.1) is 0 Å². The molecule has 2 atom stereocenters. The molecule has 0 bridgehead atoms. The van der Waals surface area contributed by atoms with Crippen molar-refractivity contribution in [1.29, 1.82) is 0 Å². The number of amides is 1. The molecule has 1 aliphatic heterocycles. The molecule has 0 unspecified atom stereocenters. The second kappa shape index (κ2) is 10.9. The van der Waals surface area contributed by atoms with Gasteiger partial charge < -0.3 is 19.7 Å². The largest absolute Gasteiger partial charge is 0.497 e. The highest BCUT2D eigenvalue weighted by molar-refractivity contribution is 7.89. The summed E-state index contributed by atoms with van der Waals surface area (Å²) in [5.41, 5.74) is 1.45. The Morgan fingerprint density at radius 2 is 1.84 bits per heavy atom. The van der Waals surface area contributed by atoms with E-state index in [4.69, 9.17) is 9.47 Å². The van der Waals surface area contributed by atoms with Crippen LogP contribution in [0, 0.1) is 0 Å². The lowest BCUT2D eigenvalue weighted by atomic mass is 10.1. The lowest BCUT2D eigenvalue weighted by Crippen LogP contribution is -2.34. The third-order valence-electron chi connectivity index (χ3n) is 5.53. The number of benzene rings is 2. The lowest BCUT2D eigenvalue weighted by Gasteiger charge is -2.25. The standard InChI is InChI=1S/C23H31N3O5S/c1-26(2)22(17-6-10-19(30-3)11-7-17)16-24-23(27)18-8-12-21(13-9-18)32(28,29)25-15-20-5-4-14-31-20/h6-13,20,22,25H,4-5,14-16H2,1-3H3,(H,24,27)/t20-,22+/m1/s1. The molecule has 9 heteroatoms. The van der Waals surface area contributed by atoms with Crippen molar-refractivity contribution >= 4 is 15.9 Å². The molecule has 1 aliphatic rings. The summed E-state index contributed by atoms with van der Waals surface area (Å²) >= 11 is 0. The van der Waals surface area contributed by atoms with Crippen LogP contribution in [0.5, 0.6) is 5.75 Å². The van der Waals surface area contributed by atoms with E-state index in [2.05, 4.69) is 10.0 Å². The number of nitrogens with zero attached hydrogens (tertiary/aromatic N) is 1. The van der Waals surface area contributed by atoms with Crippen molar-refractivity contribution < 1.29 is 22.7 Å². The third kappa shape index (κ3) is 6.29. The minimum Gasteiger partial charge on any atom is -0.497 e. The van der Waals surface area contributed by atoms with E-state index in [1.165, 1.54) is 24.3 Å². The quantitative estimate of drug-likeness (QED) is 0.563. The van der Waals surface area contributed by atoms with Gasteiger partial charge in [0.2, 0.25) is 10.0 Å². The van der Waals surface area contributed by atoms with E-state index >= 15 is 0 Å². The summed E-state index contributed by atoms with van der Waals surface area (Å²) in [5, 5.41) is 2.93. The number of carbonyl (C=O) groups is 1. The topological polar surface area (TPSA) is 97.0 Å². The number of ether oxygens (including phenoxy) is 2. The van der Waals surface area contributed by atoms with Gasteiger partial charge in [0, 0.05) is 25.3 Å². The Bertz CT molecular complexity index is 985. The molecule has 2 aromatic carbocycles. The zero-order valence-electron chi connectivity index (χ0n) is 18.7. The molecule has 0 spiro atoms. The number of hydrogen-bond donors (Lipinski definition) is 2. The summed E-state index contributed by atoms with van der Waals surface area (Å²) < 4.78 is 38.2. The van der Waals surface area contributed by atoms with E-state index in [-0.39, 0.29) is 29.5 Å². The van der Waals surface area contributed by atoms with E-state index in [1.54, 1.807) is 7.11 Å². The molecule has 2 aromatic rings. The van der Waals surface area contributed by atoms with Crippen LogP contribution in [-0.2, 0) is 14.8 Å². The monoisotopic (exact) mass is 461 g/mol. The second-order valence-corrected chi connectivity index (χ2v) is 9.74. The summed E-state index contributed by atoms with van der Waals surface area (Å²) in [6.07, 6.45) is 1.72. The molecule has 0 radical (unpaired) electrons. The molecule has 32 heavy (non-hydrogen) atoms. The molecule has 2 N–H and O–H groups in total. The van der Waals surface area contributed by atoms with Crippen LogP contribution in [-0.4, -0.2) is 66.2 Å². The Kier molecular flexibility index (Phi) is 8.25. The zero-order chi connectivity index (χ0) is 23.1. The number of hydrogen-bond acceptors (Lipinski definition) is 6. The summed E-state index contributed by atoms with van der Waals surface area (Å²) in [4.78, 5) is 14.8. The fourth-order valence-corrected chi connectivity index (χ4v) is 4.66. The average Bonchev–Trinajstić information content (AvgIpc) is 3.32. The van der Waals surface area contributed by atoms with Gasteiger partial charge in [0.05, 0.1) is 24.2 Å². The molecule has 1 fully saturated rings. The number of methoxy groups -OCH3 is 1. The maximum Gasteiger partial charge on any atom is 0.251 e. The Hall–Kier alpha value is -2.46. The van der Waals surface area contributed by atoms with Crippen LogP contribution in [0.25, 0.3) is 0 Å². The van der Waals surface area contributed by atoms with E-state index in [9.17, 15) is 13.2 Å². The van der Waals surface area contributed by atoms with Gasteiger partial charge in [-0.1, -0.05) is 12.1 Å². The van der Waals surface area contributed by atoms with Crippen LogP contribution in [0.1, 0.15) is 34.8 Å². The van der Waals surface area contributed by atoms with Crippen molar-refractivity contribution in [2.24, 2.45) is 0 Å². The Labute approximate surface area is 190 Å². The van der Waals surface area contributed by atoms with Crippen LogP contribution < -0.4 is 14.8 Å². The summed E-state index contributed by atoms with van der Waals surface area (Å²) in [7, 11) is 1.87. The first kappa shape index (κ1) is 24.2. The molecule has 1 saturated heterocycles. The van der Waals surface area contributed by atoms with E-state index in [0.717, 1.165) is 24.2 Å². The highest BCUT2D eigenvalue weighted by atomic mass is 32.2.